The van der Waals surface area contributed by atoms with Crippen molar-refractivity contribution in [3.8, 4) is 5.75 Å². The molecule has 1 aromatic rings. The maximum atomic E-state index is 10.5. The molecule has 0 heterocycles. The Morgan fingerprint density at radius 1 is 1.23 bits per heavy atom. The van der Waals surface area contributed by atoms with Gasteiger partial charge in [-0.2, -0.15) is 0 Å². The molecule has 0 bridgehead atoms. The van der Waals surface area contributed by atoms with Gasteiger partial charge in [0.25, 0.3) is 0 Å². The van der Waals surface area contributed by atoms with E-state index in [0.29, 0.717) is 17.8 Å². The molecule has 0 saturated heterocycles. The Morgan fingerprint density at radius 3 is 2.82 bits per heavy atom. The van der Waals surface area contributed by atoms with Crippen LogP contribution in [0.5, 0.6) is 5.75 Å². The predicted octanol–water partition coefficient (Wildman–Crippen LogP) is 4.30. The topological polar surface area (TPSA) is 29.5 Å². The summed E-state index contributed by atoms with van der Waals surface area (Å²) in [5.74, 6) is 2.80. The number of aryl methyl sites for hydroxylation is 1. The lowest BCUT2D eigenvalue weighted by atomic mass is 9.56. The van der Waals surface area contributed by atoms with Crippen LogP contribution in [-0.4, -0.2) is 18.3 Å². The molecule has 3 aliphatic carbocycles. The standard InChI is InChI=1S/C20H26O2/c1-12-10-14(22-3)11-13-4-5-15-16(19(12)13)8-9-20(2)17(15)6-7-18(20)21/h4-5,10-11,15-18,21H,6-9H2,1-3H3/t15-,16+,17+,18+,20+/m1/s1. The van der Waals surface area contributed by atoms with E-state index >= 15 is 0 Å². The van der Waals surface area contributed by atoms with E-state index in [1.807, 2.05) is 0 Å². The minimum atomic E-state index is -0.106. The summed E-state index contributed by atoms with van der Waals surface area (Å²) in [6, 6.07) is 4.35. The first kappa shape index (κ1) is 14.3. The monoisotopic (exact) mass is 298 g/mol. The van der Waals surface area contributed by atoms with Crippen molar-refractivity contribution in [3.05, 3.63) is 34.9 Å². The molecule has 1 N–H and O–H groups in total. The van der Waals surface area contributed by atoms with Gasteiger partial charge in [0.2, 0.25) is 0 Å². The summed E-state index contributed by atoms with van der Waals surface area (Å²) in [7, 11) is 1.74. The van der Waals surface area contributed by atoms with Crippen molar-refractivity contribution in [3.63, 3.8) is 0 Å². The maximum Gasteiger partial charge on any atom is 0.119 e. The van der Waals surface area contributed by atoms with E-state index in [9.17, 15) is 5.11 Å². The zero-order chi connectivity index (χ0) is 15.5. The highest BCUT2D eigenvalue weighted by Gasteiger charge is 2.53. The lowest BCUT2D eigenvalue weighted by Gasteiger charge is -2.48. The van der Waals surface area contributed by atoms with Gasteiger partial charge in [-0.25, -0.2) is 0 Å². The fourth-order valence-electron chi connectivity index (χ4n) is 5.54. The molecule has 22 heavy (non-hydrogen) atoms. The van der Waals surface area contributed by atoms with Crippen molar-refractivity contribution in [2.45, 2.75) is 51.6 Å². The van der Waals surface area contributed by atoms with Gasteiger partial charge in [-0.3, -0.25) is 0 Å². The lowest BCUT2D eigenvalue weighted by Crippen LogP contribution is -2.42. The average Bonchev–Trinajstić information content (AvgIpc) is 2.82. The Hall–Kier alpha value is -1.28. The third kappa shape index (κ3) is 1.83. The molecule has 2 nitrogen and oxygen atoms in total. The second kappa shape index (κ2) is 4.86. The van der Waals surface area contributed by atoms with Crippen LogP contribution in [0.15, 0.2) is 18.2 Å². The highest BCUT2D eigenvalue weighted by molar-refractivity contribution is 5.63. The molecule has 0 radical (unpaired) electrons. The Kier molecular flexibility index (Phi) is 3.16. The van der Waals surface area contributed by atoms with Crippen LogP contribution in [0.3, 0.4) is 0 Å². The summed E-state index contributed by atoms with van der Waals surface area (Å²) in [5, 5.41) is 10.5. The zero-order valence-corrected chi connectivity index (χ0v) is 13.8. The van der Waals surface area contributed by atoms with Gasteiger partial charge in [-0.1, -0.05) is 19.1 Å². The van der Waals surface area contributed by atoms with Gasteiger partial charge in [0.05, 0.1) is 13.2 Å². The molecule has 2 fully saturated rings. The molecule has 5 atom stereocenters. The molecule has 0 amide bonds. The molecule has 1 aromatic carbocycles. The molecular formula is C20H26O2. The van der Waals surface area contributed by atoms with Crippen molar-refractivity contribution in [1.82, 2.24) is 0 Å². The van der Waals surface area contributed by atoms with Crippen molar-refractivity contribution in [1.29, 1.82) is 0 Å². The van der Waals surface area contributed by atoms with Crippen LogP contribution in [0.1, 0.15) is 55.2 Å². The van der Waals surface area contributed by atoms with Gasteiger partial charge >= 0.3 is 0 Å². The van der Waals surface area contributed by atoms with Gasteiger partial charge in [0.15, 0.2) is 0 Å². The van der Waals surface area contributed by atoms with E-state index < -0.39 is 0 Å². The summed E-state index contributed by atoms with van der Waals surface area (Å²) in [6.07, 6.45) is 9.11. The van der Waals surface area contributed by atoms with E-state index in [1.165, 1.54) is 29.5 Å². The Morgan fingerprint density at radius 2 is 2.05 bits per heavy atom. The van der Waals surface area contributed by atoms with Gasteiger partial charge in [-0.15, -0.1) is 0 Å². The van der Waals surface area contributed by atoms with Gasteiger partial charge in [-0.05, 0) is 84.6 Å². The number of aliphatic hydroxyl groups excluding tert-OH is 1. The molecule has 4 rings (SSSR count). The molecule has 0 aromatic heterocycles. The first-order chi connectivity index (χ1) is 10.5. The van der Waals surface area contributed by atoms with E-state index in [4.69, 9.17) is 4.74 Å². The van der Waals surface area contributed by atoms with Crippen molar-refractivity contribution in [2.75, 3.05) is 7.11 Å². The van der Waals surface area contributed by atoms with Crippen molar-refractivity contribution >= 4 is 6.08 Å². The number of aliphatic hydroxyl groups is 1. The summed E-state index contributed by atoms with van der Waals surface area (Å²) >= 11 is 0. The molecule has 118 valence electrons. The van der Waals surface area contributed by atoms with Crippen molar-refractivity contribution in [2.24, 2.45) is 17.3 Å². The SMILES string of the molecule is COc1cc(C)c2c(c1)C=C[C@@H]1[C@@H]2CC[C@]2(C)[C@@H](O)CC[C@@H]12. The average molecular weight is 298 g/mol. The number of allylic oxidation sites excluding steroid dienone is 1. The smallest absolute Gasteiger partial charge is 0.119 e. The number of benzene rings is 1. The Bertz CT molecular complexity index is 633. The van der Waals surface area contributed by atoms with Crippen LogP contribution >= 0.6 is 0 Å². The Labute approximate surface area is 133 Å². The summed E-state index contributed by atoms with van der Waals surface area (Å²) in [6.45, 7) is 4.53. The largest absolute Gasteiger partial charge is 0.497 e. The van der Waals surface area contributed by atoms with E-state index in [-0.39, 0.29) is 11.5 Å². The second-order valence-corrected chi connectivity index (χ2v) is 7.73. The fourth-order valence-corrected chi connectivity index (χ4v) is 5.54. The summed E-state index contributed by atoms with van der Waals surface area (Å²) in [4.78, 5) is 0. The van der Waals surface area contributed by atoms with Crippen LogP contribution in [-0.2, 0) is 0 Å². The minimum absolute atomic E-state index is 0.106. The lowest BCUT2D eigenvalue weighted by molar-refractivity contribution is -0.00803. The number of hydrogen-bond donors (Lipinski definition) is 1. The second-order valence-electron chi connectivity index (χ2n) is 7.73. The molecule has 2 saturated carbocycles. The highest BCUT2D eigenvalue weighted by Crippen LogP contribution is 2.60. The zero-order valence-electron chi connectivity index (χ0n) is 13.8. The van der Waals surface area contributed by atoms with Crippen LogP contribution in [0.2, 0.25) is 0 Å². The molecule has 0 aliphatic heterocycles. The van der Waals surface area contributed by atoms with Crippen LogP contribution in [0.25, 0.3) is 6.08 Å². The van der Waals surface area contributed by atoms with Gasteiger partial charge in [0, 0.05) is 0 Å². The number of methoxy groups -OCH3 is 1. The van der Waals surface area contributed by atoms with Crippen molar-refractivity contribution < 1.29 is 9.84 Å². The predicted molar refractivity (Wildman–Crippen MR) is 89.1 cm³/mol. The maximum absolute atomic E-state index is 10.5. The van der Waals surface area contributed by atoms with Crippen LogP contribution < -0.4 is 4.74 Å². The normalized spacial score (nSPS) is 39.1. The molecule has 0 unspecified atom stereocenters. The molecule has 2 heteroatoms. The number of rotatable bonds is 1. The van der Waals surface area contributed by atoms with E-state index in [0.717, 1.165) is 18.6 Å². The highest BCUT2D eigenvalue weighted by atomic mass is 16.5. The molecule has 3 aliphatic rings. The van der Waals surface area contributed by atoms with E-state index in [2.05, 4.69) is 38.1 Å². The van der Waals surface area contributed by atoms with E-state index in [1.54, 1.807) is 7.11 Å². The quantitative estimate of drug-likeness (QED) is 0.837. The summed E-state index contributed by atoms with van der Waals surface area (Å²) < 4.78 is 5.43. The van der Waals surface area contributed by atoms with Crippen LogP contribution in [0.4, 0.5) is 0 Å². The number of hydrogen-bond acceptors (Lipinski definition) is 2. The third-order valence-corrected chi connectivity index (χ3v) is 6.78. The third-order valence-electron chi connectivity index (χ3n) is 6.78. The van der Waals surface area contributed by atoms with Crippen LogP contribution in [0, 0.1) is 24.2 Å². The number of fused-ring (bicyclic) bond motifs is 5. The van der Waals surface area contributed by atoms with Gasteiger partial charge in [0.1, 0.15) is 5.75 Å². The van der Waals surface area contributed by atoms with Gasteiger partial charge < -0.3 is 9.84 Å². The first-order valence-corrected chi connectivity index (χ1v) is 8.59. The number of ether oxygens (including phenoxy) is 1. The fraction of sp³-hybridized carbons (Fsp3) is 0.600. The molecule has 0 spiro atoms. The minimum Gasteiger partial charge on any atom is -0.497 e. The first-order valence-electron chi connectivity index (χ1n) is 8.59. The molecular weight excluding hydrogens is 272 g/mol. The summed E-state index contributed by atoms with van der Waals surface area (Å²) in [5.41, 5.74) is 4.34. The Balaban J connectivity index is 1.77.